The SMILES string of the molecule is C=C(C)C(=O)Nc1cccc2c(O)c(O)ccc12. The van der Waals surface area contributed by atoms with Crippen LogP contribution in [0.5, 0.6) is 11.5 Å². The monoisotopic (exact) mass is 243 g/mol. The Hall–Kier alpha value is -2.49. The Bertz CT molecular complexity index is 647. The Kier molecular flexibility index (Phi) is 2.93. The number of carbonyl (C=O) groups excluding carboxylic acids is 1. The highest BCUT2D eigenvalue weighted by atomic mass is 16.3. The van der Waals surface area contributed by atoms with E-state index in [0.29, 0.717) is 22.0 Å². The van der Waals surface area contributed by atoms with Crippen LogP contribution >= 0.6 is 0 Å². The van der Waals surface area contributed by atoms with Crippen LogP contribution in [0, 0.1) is 0 Å². The van der Waals surface area contributed by atoms with Crippen LogP contribution in [-0.2, 0) is 4.79 Å². The van der Waals surface area contributed by atoms with E-state index in [1.165, 1.54) is 6.07 Å². The van der Waals surface area contributed by atoms with Crippen molar-refractivity contribution in [2.24, 2.45) is 0 Å². The fourth-order valence-electron chi connectivity index (χ4n) is 1.67. The minimum absolute atomic E-state index is 0.189. The van der Waals surface area contributed by atoms with Crippen molar-refractivity contribution in [3.8, 4) is 11.5 Å². The first-order valence-electron chi connectivity index (χ1n) is 5.41. The number of carbonyl (C=O) groups is 1. The van der Waals surface area contributed by atoms with Crippen molar-refractivity contribution in [2.45, 2.75) is 6.92 Å². The second-order valence-corrected chi connectivity index (χ2v) is 4.07. The molecule has 0 spiro atoms. The molecule has 0 aromatic heterocycles. The summed E-state index contributed by atoms with van der Waals surface area (Å²) in [7, 11) is 0. The molecule has 18 heavy (non-hydrogen) atoms. The van der Waals surface area contributed by atoms with Crippen molar-refractivity contribution in [2.75, 3.05) is 5.32 Å². The van der Waals surface area contributed by atoms with Gasteiger partial charge in [0.15, 0.2) is 11.5 Å². The van der Waals surface area contributed by atoms with Gasteiger partial charge >= 0.3 is 0 Å². The summed E-state index contributed by atoms with van der Waals surface area (Å²) >= 11 is 0. The fraction of sp³-hybridized carbons (Fsp3) is 0.0714. The van der Waals surface area contributed by atoms with Crippen LogP contribution in [-0.4, -0.2) is 16.1 Å². The second-order valence-electron chi connectivity index (χ2n) is 4.07. The summed E-state index contributed by atoms with van der Waals surface area (Å²) in [5, 5.41) is 23.0. The molecule has 0 fully saturated rings. The van der Waals surface area contributed by atoms with Gasteiger partial charge in [-0.3, -0.25) is 4.79 Å². The zero-order valence-electron chi connectivity index (χ0n) is 9.90. The molecule has 92 valence electrons. The Labute approximate surface area is 104 Å². The second kappa shape index (κ2) is 4.41. The first-order chi connectivity index (χ1) is 8.50. The molecule has 0 saturated carbocycles. The number of rotatable bonds is 2. The van der Waals surface area contributed by atoms with Gasteiger partial charge in [0.25, 0.3) is 5.91 Å². The number of benzene rings is 2. The topological polar surface area (TPSA) is 69.6 Å². The molecule has 4 nitrogen and oxygen atoms in total. The first-order valence-corrected chi connectivity index (χ1v) is 5.41. The molecule has 0 aliphatic carbocycles. The summed E-state index contributed by atoms with van der Waals surface area (Å²) in [6.45, 7) is 5.18. The summed E-state index contributed by atoms with van der Waals surface area (Å²) in [6.07, 6.45) is 0. The third kappa shape index (κ3) is 2.00. The molecule has 3 N–H and O–H groups in total. The predicted octanol–water partition coefficient (Wildman–Crippen LogP) is 2.77. The summed E-state index contributed by atoms with van der Waals surface area (Å²) < 4.78 is 0. The number of amides is 1. The number of nitrogens with one attached hydrogen (secondary N) is 1. The number of hydrogen-bond donors (Lipinski definition) is 3. The van der Waals surface area contributed by atoms with Gasteiger partial charge in [0.05, 0.1) is 0 Å². The number of phenolic OH excluding ortho intramolecular Hbond substituents is 2. The van der Waals surface area contributed by atoms with E-state index in [1.807, 2.05) is 0 Å². The number of fused-ring (bicyclic) bond motifs is 1. The van der Waals surface area contributed by atoms with Gasteiger partial charge in [-0.05, 0) is 25.1 Å². The van der Waals surface area contributed by atoms with Gasteiger partial charge in [0.2, 0.25) is 0 Å². The first kappa shape index (κ1) is 12.0. The average molecular weight is 243 g/mol. The molecular formula is C14H13NO3. The highest BCUT2D eigenvalue weighted by molar-refractivity contribution is 6.09. The minimum atomic E-state index is -0.282. The minimum Gasteiger partial charge on any atom is -0.504 e. The van der Waals surface area contributed by atoms with E-state index in [1.54, 1.807) is 31.2 Å². The van der Waals surface area contributed by atoms with Gasteiger partial charge in [0, 0.05) is 22.0 Å². The Morgan fingerprint density at radius 2 is 1.89 bits per heavy atom. The lowest BCUT2D eigenvalue weighted by molar-refractivity contribution is -0.112. The quantitative estimate of drug-likeness (QED) is 0.561. The Morgan fingerprint density at radius 1 is 1.17 bits per heavy atom. The molecule has 0 unspecified atom stereocenters. The van der Waals surface area contributed by atoms with E-state index in [0.717, 1.165) is 0 Å². The molecule has 1 amide bonds. The molecular weight excluding hydrogens is 230 g/mol. The van der Waals surface area contributed by atoms with E-state index < -0.39 is 0 Å². The van der Waals surface area contributed by atoms with Gasteiger partial charge < -0.3 is 15.5 Å². The third-order valence-electron chi connectivity index (χ3n) is 2.65. The van der Waals surface area contributed by atoms with Crippen molar-refractivity contribution in [1.29, 1.82) is 0 Å². The molecule has 0 saturated heterocycles. The maximum absolute atomic E-state index is 11.6. The molecule has 0 radical (unpaired) electrons. The van der Waals surface area contributed by atoms with Gasteiger partial charge in [-0.15, -0.1) is 0 Å². The zero-order chi connectivity index (χ0) is 13.3. The highest BCUT2D eigenvalue weighted by Crippen LogP contribution is 2.36. The lowest BCUT2D eigenvalue weighted by Gasteiger charge is -2.10. The van der Waals surface area contributed by atoms with Crippen LogP contribution in [0.4, 0.5) is 5.69 Å². The lowest BCUT2D eigenvalue weighted by atomic mass is 10.1. The van der Waals surface area contributed by atoms with Gasteiger partial charge in [-0.2, -0.15) is 0 Å². The standard InChI is InChI=1S/C14H13NO3/c1-8(2)14(18)15-11-5-3-4-10-9(11)6-7-12(16)13(10)17/h3-7,16-17H,1H2,2H3,(H,15,18). The molecule has 0 aliphatic rings. The van der Waals surface area contributed by atoms with Crippen LogP contribution < -0.4 is 5.32 Å². The van der Waals surface area contributed by atoms with Crippen LogP contribution in [0.1, 0.15) is 6.92 Å². The molecule has 0 bridgehead atoms. The normalized spacial score (nSPS) is 10.3. The maximum atomic E-state index is 11.6. The molecule has 2 rings (SSSR count). The smallest absolute Gasteiger partial charge is 0.250 e. The van der Waals surface area contributed by atoms with Crippen molar-refractivity contribution in [1.82, 2.24) is 0 Å². The van der Waals surface area contributed by atoms with Crippen molar-refractivity contribution < 1.29 is 15.0 Å². The van der Waals surface area contributed by atoms with E-state index in [-0.39, 0.29) is 17.4 Å². The largest absolute Gasteiger partial charge is 0.504 e. The molecule has 2 aromatic rings. The summed E-state index contributed by atoms with van der Waals surface area (Å²) in [4.78, 5) is 11.6. The van der Waals surface area contributed by atoms with Crippen LogP contribution in [0.3, 0.4) is 0 Å². The fourth-order valence-corrected chi connectivity index (χ4v) is 1.67. The zero-order valence-corrected chi connectivity index (χ0v) is 9.90. The van der Waals surface area contributed by atoms with Gasteiger partial charge in [-0.1, -0.05) is 18.7 Å². The van der Waals surface area contributed by atoms with Gasteiger partial charge in [0.1, 0.15) is 0 Å². The predicted molar refractivity (Wildman–Crippen MR) is 70.7 cm³/mol. The molecule has 0 aliphatic heterocycles. The van der Waals surface area contributed by atoms with E-state index in [4.69, 9.17) is 0 Å². The third-order valence-corrected chi connectivity index (χ3v) is 2.65. The van der Waals surface area contributed by atoms with Gasteiger partial charge in [-0.25, -0.2) is 0 Å². The molecule has 2 aromatic carbocycles. The number of anilines is 1. The van der Waals surface area contributed by atoms with E-state index >= 15 is 0 Å². The highest BCUT2D eigenvalue weighted by Gasteiger charge is 2.10. The van der Waals surface area contributed by atoms with E-state index in [9.17, 15) is 15.0 Å². The van der Waals surface area contributed by atoms with Crippen LogP contribution in [0.2, 0.25) is 0 Å². The summed E-state index contributed by atoms with van der Waals surface area (Å²) in [6, 6.07) is 8.10. The van der Waals surface area contributed by atoms with E-state index in [2.05, 4.69) is 11.9 Å². The van der Waals surface area contributed by atoms with Crippen molar-refractivity contribution in [3.05, 3.63) is 42.5 Å². The van der Waals surface area contributed by atoms with Crippen molar-refractivity contribution >= 4 is 22.4 Å². The number of hydrogen-bond acceptors (Lipinski definition) is 3. The van der Waals surface area contributed by atoms with Crippen molar-refractivity contribution in [3.63, 3.8) is 0 Å². The average Bonchev–Trinajstić information content (AvgIpc) is 2.34. The summed E-state index contributed by atoms with van der Waals surface area (Å²) in [5.74, 6) is -0.667. The lowest BCUT2D eigenvalue weighted by Crippen LogP contribution is -2.11. The van der Waals surface area contributed by atoms with Crippen LogP contribution in [0.15, 0.2) is 42.5 Å². The number of phenols is 2. The maximum Gasteiger partial charge on any atom is 0.250 e. The molecule has 4 heteroatoms. The number of aromatic hydroxyl groups is 2. The Balaban J connectivity index is 2.56. The molecule has 0 heterocycles. The van der Waals surface area contributed by atoms with Crippen LogP contribution in [0.25, 0.3) is 10.8 Å². The Morgan fingerprint density at radius 3 is 2.56 bits per heavy atom. The molecule has 0 atom stereocenters. The summed E-state index contributed by atoms with van der Waals surface area (Å²) in [5.41, 5.74) is 0.964.